The Morgan fingerprint density at radius 2 is 1.88 bits per heavy atom. The minimum Gasteiger partial charge on any atom is -0.338 e. The quantitative estimate of drug-likeness (QED) is 0.898. The molecule has 1 saturated heterocycles. The van der Waals surface area contributed by atoms with Gasteiger partial charge in [-0.1, -0.05) is 38.1 Å². The molecule has 3 atom stereocenters. The Morgan fingerprint density at radius 1 is 1.19 bits per heavy atom. The molecule has 2 N–H and O–H groups in total. The molecule has 26 heavy (non-hydrogen) atoms. The van der Waals surface area contributed by atoms with E-state index in [1.54, 1.807) is 0 Å². The molecule has 2 aliphatic rings. The Balaban J connectivity index is 1.86. The first-order valence-corrected chi connectivity index (χ1v) is 9.77. The van der Waals surface area contributed by atoms with Crippen LogP contribution in [0.3, 0.4) is 0 Å². The van der Waals surface area contributed by atoms with Gasteiger partial charge in [0, 0.05) is 32.0 Å². The predicted molar refractivity (Wildman–Crippen MR) is 102 cm³/mol. The summed E-state index contributed by atoms with van der Waals surface area (Å²) in [6, 6.07) is 7.95. The molecule has 1 aromatic carbocycles. The second-order valence-electron chi connectivity index (χ2n) is 8.29. The maximum Gasteiger partial charge on any atom is 0.245 e. The van der Waals surface area contributed by atoms with Crippen molar-refractivity contribution in [1.29, 1.82) is 0 Å². The molecule has 0 aliphatic carbocycles. The molecule has 1 aromatic rings. The van der Waals surface area contributed by atoms with E-state index in [0.29, 0.717) is 38.4 Å². The van der Waals surface area contributed by atoms with Crippen LogP contribution in [0.1, 0.15) is 44.7 Å². The number of carbonyl (C=O) groups is 2. The lowest BCUT2D eigenvalue weighted by atomic mass is 9.92. The van der Waals surface area contributed by atoms with E-state index in [-0.39, 0.29) is 23.8 Å². The molecule has 0 bridgehead atoms. The summed E-state index contributed by atoms with van der Waals surface area (Å²) in [4.78, 5) is 30.0. The van der Waals surface area contributed by atoms with Gasteiger partial charge in [0.25, 0.3) is 0 Å². The number of hydrogen-bond acceptors (Lipinski definition) is 3. The van der Waals surface area contributed by atoms with Crippen LogP contribution in [-0.4, -0.2) is 46.8 Å². The molecule has 0 radical (unpaired) electrons. The summed E-state index contributed by atoms with van der Waals surface area (Å²) in [5.41, 5.74) is 8.17. The maximum absolute atomic E-state index is 13.4. The van der Waals surface area contributed by atoms with Crippen LogP contribution in [-0.2, 0) is 22.6 Å². The van der Waals surface area contributed by atoms with Gasteiger partial charge in [0.1, 0.15) is 6.04 Å². The highest BCUT2D eigenvalue weighted by molar-refractivity contribution is 5.89. The van der Waals surface area contributed by atoms with E-state index in [9.17, 15) is 9.59 Å². The van der Waals surface area contributed by atoms with Gasteiger partial charge < -0.3 is 15.5 Å². The first-order chi connectivity index (χ1) is 12.4. The topological polar surface area (TPSA) is 66.6 Å². The number of hydrogen-bond donors (Lipinski definition) is 1. The lowest BCUT2D eigenvalue weighted by Crippen LogP contribution is -2.54. The lowest BCUT2D eigenvalue weighted by Gasteiger charge is -2.39. The van der Waals surface area contributed by atoms with Gasteiger partial charge in [0.05, 0.1) is 0 Å². The van der Waals surface area contributed by atoms with Crippen molar-refractivity contribution in [2.45, 2.75) is 58.7 Å². The van der Waals surface area contributed by atoms with Gasteiger partial charge in [-0.25, -0.2) is 0 Å². The fourth-order valence-corrected chi connectivity index (χ4v) is 4.28. The summed E-state index contributed by atoms with van der Waals surface area (Å²) >= 11 is 0. The fourth-order valence-electron chi connectivity index (χ4n) is 4.28. The molecule has 5 heteroatoms. The Kier molecular flexibility index (Phi) is 5.66. The number of amides is 2. The molecule has 142 valence electrons. The van der Waals surface area contributed by atoms with Crippen molar-refractivity contribution in [3.63, 3.8) is 0 Å². The molecule has 2 amide bonds. The zero-order valence-corrected chi connectivity index (χ0v) is 16.1. The zero-order valence-electron chi connectivity index (χ0n) is 16.1. The van der Waals surface area contributed by atoms with Crippen LogP contribution >= 0.6 is 0 Å². The van der Waals surface area contributed by atoms with Crippen LogP contribution in [0, 0.1) is 11.8 Å². The SMILES string of the molecule is CC(C)CC(=O)N1Cc2ccccc2CC1C(=O)N1CC(CN)CC1C. The minimum atomic E-state index is -0.393. The van der Waals surface area contributed by atoms with Crippen molar-refractivity contribution in [3.05, 3.63) is 35.4 Å². The van der Waals surface area contributed by atoms with Crippen LogP contribution in [0.25, 0.3) is 0 Å². The lowest BCUT2D eigenvalue weighted by molar-refractivity contribution is -0.148. The van der Waals surface area contributed by atoms with Gasteiger partial charge in [-0.05, 0) is 42.9 Å². The Bertz CT molecular complexity index is 673. The average Bonchev–Trinajstić information content (AvgIpc) is 3.00. The molecule has 5 nitrogen and oxygen atoms in total. The summed E-state index contributed by atoms with van der Waals surface area (Å²) in [7, 11) is 0. The molecular formula is C21H31N3O2. The first kappa shape index (κ1) is 18.9. The molecular weight excluding hydrogens is 326 g/mol. The summed E-state index contributed by atoms with van der Waals surface area (Å²) < 4.78 is 0. The van der Waals surface area contributed by atoms with Crippen molar-refractivity contribution in [2.24, 2.45) is 17.6 Å². The third-order valence-electron chi connectivity index (χ3n) is 5.71. The highest BCUT2D eigenvalue weighted by Gasteiger charge is 2.40. The van der Waals surface area contributed by atoms with E-state index < -0.39 is 6.04 Å². The maximum atomic E-state index is 13.4. The van der Waals surface area contributed by atoms with Gasteiger partial charge in [0.2, 0.25) is 11.8 Å². The Hall–Kier alpha value is -1.88. The fraction of sp³-hybridized carbons (Fsp3) is 0.619. The molecule has 3 unspecified atom stereocenters. The molecule has 0 spiro atoms. The molecule has 2 heterocycles. The van der Waals surface area contributed by atoms with Crippen LogP contribution in [0.5, 0.6) is 0 Å². The normalized spacial score (nSPS) is 25.5. The highest BCUT2D eigenvalue weighted by Crippen LogP contribution is 2.29. The van der Waals surface area contributed by atoms with E-state index in [2.05, 4.69) is 19.1 Å². The first-order valence-electron chi connectivity index (χ1n) is 9.77. The van der Waals surface area contributed by atoms with Crippen LogP contribution in [0.2, 0.25) is 0 Å². The number of benzene rings is 1. The van der Waals surface area contributed by atoms with Gasteiger partial charge in [-0.3, -0.25) is 9.59 Å². The standard InChI is InChI=1S/C21H31N3O2/c1-14(2)8-20(25)24-13-18-7-5-4-6-17(18)10-19(24)21(26)23-12-16(11-22)9-15(23)3/h4-7,14-16,19H,8-13,22H2,1-3H3. The van der Waals surface area contributed by atoms with Crippen molar-refractivity contribution in [3.8, 4) is 0 Å². The number of nitrogens with two attached hydrogens (primary N) is 1. The number of rotatable bonds is 4. The van der Waals surface area contributed by atoms with E-state index >= 15 is 0 Å². The summed E-state index contributed by atoms with van der Waals surface area (Å²) in [6.45, 7) is 8.02. The van der Waals surface area contributed by atoms with Crippen LogP contribution in [0.15, 0.2) is 24.3 Å². The number of carbonyl (C=O) groups excluding carboxylic acids is 2. The van der Waals surface area contributed by atoms with Crippen molar-refractivity contribution in [2.75, 3.05) is 13.1 Å². The summed E-state index contributed by atoms with van der Waals surface area (Å²) in [5, 5.41) is 0. The second-order valence-corrected chi connectivity index (χ2v) is 8.29. The third kappa shape index (κ3) is 3.78. The monoisotopic (exact) mass is 357 g/mol. The molecule has 2 aliphatic heterocycles. The van der Waals surface area contributed by atoms with E-state index in [1.807, 2.05) is 35.8 Å². The van der Waals surface area contributed by atoms with Gasteiger partial charge in [-0.15, -0.1) is 0 Å². The van der Waals surface area contributed by atoms with Gasteiger partial charge in [0.15, 0.2) is 0 Å². The average molecular weight is 357 g/mol. The Labute approximate surface area is 156 Å². The van der Waals surface area contributed by atoms with Crippen LogP contribution < -0.4 is 5.73 Å². The Morgan fingerprint density at radius 3 is 2.50 bits per heavy atom. The predicted octanol–water partition coefficient (Wildman–Crippen LogP) is 2.18. The number of nitrogens with zero attached hydrogens (tertiary/aromatic N) is 2. The van der Waals surface area contributed by atoms with Crippen molar-refractivity contribution >= 4 is 11.8 Å². The molecule has 1 fully saturated rings. The molecule has 0 aromatic heterocycles. The van der Waals surface area contributed by atoms with Gasteiger partial charge >= 0.3 is 0 Å². The third-order valence-corrected chi connectivity index (χ3v) is 5.71. The van der Waals surface area contributed by atoms with Crippen molar-refractivity contribution in [1.82, 2.24) is 9.80 Å². The molecule has 0 saturated carbocycles. The summed E-state index contributed by atoms with van der Waals surface area (Å²) in [5.74, 6) is 0.808. The van der Waals surface area contributed by atoms with Gasteiger partial charge in [-0.2, -0.15) is 0 Å². The van der Waals surface area contributed by atoms with E-state index in [0.717, 1.165) is 12.0 Å². The number of likely N-dealkylation sites (tertiary alicyclic amines) is 1. The van der Waals surface area contributed by atoms with Crippen molar-refractivity contribution < 1.29 is 9.59 Å². The second kappa shape index (κ2) is 7.78. The highest BCUT2D eigenvalue weighted by atomic mass is 16.2. The van der Waals surface area contributed by atoms with E-state index in [1.165, 1.54) is 5.56 Å². The molecule has 3 rings (SSSR count). The number of fused-ring (bicyclic) bond motifs is 1. The smallest absolute Gasteiger partial charge is 0.245 e. The zero-order chi connectivity index (χ0) is 18.8. The van der Waals surface area contributed by atoms with E-state index in [4.69, 9.17) is 5.73 Å². The largest absolute Gasteiger partial charge is 0.338 e. The summed E-state index contributed by atoms with van der Waals surface area (Å²) in [6.07, 6.45) is 2.04. The minimum absolute atomic E-state index is 0.0788. The van der Waals surface area contributed by atoms with Crippen LogP contribution in [0.4, 0.5) is 0 Å².